The summed E-state index contributed by atoms with van der Waals surface area (Å²) < 4.78 is 16.1. The fourth-order valence-electron chi connectivity index (χ4n) is 2.56. The van der Waals surface area contributed by atoms with Crippen molar-refractivity contribution in [2.45, 2.75) is 13.4 Å². The minimum atomic E-state index is -0.558. The maximum atomic E-state index is 11.7. The molecule has 0 bridgehead atoms. The van der Waals surface area contributed by atoms with Gasteiger partial charge < -0.3 is 14.1 Å². The van der Waals surface area contributed by atoms with Gasteiger partial charge in [-0.05, 0) is 35.3 Å². The van der Waals surface area contributed by atoms with Crippen LogP contribution in [0.25, 0.3) is 4.85 Å². The van der Waals surface area contributed by atoms with Crippen molar-refractivity contribution in [2.75, 3.05) is 7.11 Å². The highest BCUT2D eigenvalue weighted by Gasteiger charge is 2.23. The Kier molecular flexibility index (Phi) is 4.05. The van der Waals surface area contributed by atoms with Crippen LogP contribution in [0.1, 0.15) is 15.9 Å². The molecule has 3 rings (SSSR count). The lowest BCUT2D eigenvalue weighted by molar-refractivity contribution is 0.0601. The smallest absolute Gasteiger partial charge is 0.327 e. The Morgan fingerprint density at radius 2 is 2.00 bits per heavy atom. The van der Waals surface area contributed by atoms with Gasteiger partial charge in [0, 0.05) is 0 Å². The predicted molar refractivity (Wildman–Crippen MR) is 86.6 cm³/mol. The third-order valence-electron chi connectivity index (χ3n) is 3.77. The Bertz CT molecular complexity index is 813. The summed E-state index contributed by atoms with van der Waals surface area (Å²) in [4.78, 5) is 15.1. The van der Waals surface area contributed by atoms with Crippen LogP contribution >= 0.6 is 0 Å². The summed E-state index contributed by atoms with van der Waals surface area (Å²) >= 11 is 0. The summed E-state index contributed by atoms with van der Waals surface area (Å²) in [5.74, 6) is 0.579. The van der Waals surface area contributed by atoms with Gasteiger partial charge in [-0.2, -0.15) is 0 Å². The van der Waals surface area contributed by atoms with Crippen LogP contribution in [0.2, 0.25) is 6.82 Å². The standard InChI is InChI=1S/C17H14BNO4/c1-18-15-6-4-12(8-11(15)10-22-18)23-13-5-7-16(19-2)14(9-13)17(20)21-3/h4-9H,10H2,1,3H3. The largest absolute Gasteiger partial charge is 0.466 e. The molecule has 2 aromatic carbocycles. The van der Waals surface area contributed by atoms with Crippen molar-refractivity contribution in [1.29, 1.82) is 0 Å². The maximum absolute atomic E-state index is 11.7. The zero-order chi connectivity index (χ0) is 16.4. The van der Waals surface area contributed by atoms with E-state index in [4.69, 9.17) is 20.7 Å². The molecule has 114 valence electrons. The number of hydrogen-bond donors (Lipinski definition) is 0. The monoisotopic (exact) mass is 307 g/mol. The number of carbonyl (C=O) groups excluding carboxylic acids is 1. The van der Waals surface area contributed by atoms with Crippen molar-refractivity contribution >= 4 is 24.0 Å². The van der Waals surface area contributed by atoms with Crippen molar-refractivity contribution in [3.63, 3.8) is 0 Å². The Labute approximate surface area is 134 Å². The molecule has 6 heteroatoms. The lowest BCUT2D eigenvalue weighted by atomic mass is 9.64. The van der Waals surface area contributed by atoms with Crippen molar-refractivity contribution in [3.8, 4) is 11.5 Å². The molecule has 0 aromatic heterocycles. The van der Waals surface area contributed by atoms with Crippen LogP contribution in [0.5, 0.6) is 11.5 Å². The van der Waals surface area contributed by atoms with Crippen molar-refractivity contribution in [1.82, 2.24) is 0 Å². The number of benzene rings is 2. The molecule has 0 amide bonds. The van der Waals surface area contributed by atoms with Gasteiger partial charge >= 0.3 is 12.9 Å². The van der Waals surface area contributed by atoms with E-state index in [-0.39, 0.29) is 18.2 Å². The van der Waals surface area contributed by atoms with Crippen LogP contribution in [0, 0.1) is 6.57 Å². The molecule has 2 aromatic rings. The quantitative estimate of drug-likeness (QED) is 0.496. The van der Waals surface area contributed by atoms with Crippen LogP contribution in [0.3, 0.4) is 0 Å². The van der Waals surface area contributed by atoms with Crippen LogP contribution < -0.4 is 10.2 Å². The fourth-order valence-corrected chi connectivity index (χ4v) is 2.56. The maximum Gasteiger partial charge on any atom is 0.327 e. The van der Waals surface area contributed by atoms with E-state index < -0.39 is 5.97 Å². The summed E-state index contributed by atoms with van der Waals surface area (Å²) in [6.07, 6.45) is 0. The first-order chi connectivity index (χ1) is 11.1. The van der Waals surface area contributed by atoms with Crippen LogP contribution in [0.15, 0.2) is 36.4 Å². The van der Waals surface area contributed by atoms with Gasteiger partial charge in [0.1, 0.15) is 11.5 Å². The minimum absolute atomic E-state index is 0.0999. The number of methoxy groups -OCH3 is 1. The number of ether oxygens (including phenoxy) is 2. The lowest BCUT2D eigenvalue weighted by Crippen LogP contribution is -2.23. The van der Waals surface area contributed by atoms with Gasteiger partial charge in [0.15, 0.2) is 0 Å². The first kappa shape index (κ1) is 15.1. The molecule has 0 unspecified atom stereocenters. The van der Waals surface area contributed by atoms with E-state index in [0.29, 0.717) is 18.1 Å². The summed E-state index contributed by atoms with van der Waals surface area (Å²) in [7, 11) is 1.28. The normalized spacial score (nSPS) is 12.5. The third kappa shape index (κ3) is 2.92. The van der Waals surface area contributed by atoms with E-state index in [1.165, 1.54) is 13.2 Å². The molecule has 0 atom stereocenters. The second-order valence-electron chi connectivity index (χ2n) is 5.20. The van der Waals surface area contributed by atoms with Gasteiger partial charge in [-0.1, -0.05) is 19.0 Å². The third-order valence-corrected chi connectivity index (χ3v) is 3.77. The molecule has 0 saturated heterocycles. The Hall–Kier alpha value is -2.78. The zero-order valence-corrected chi connectivity index (χ0v) is 12.8. The van der Waals surface area contributed by atoms with Gasteiger partial charge in [-0.3, -0.25) is 0 Å². The van der Waals surface area contributed by atoms with Gasteiger partial charge in [0.25, 0.3) is 0 Å². The molecule has 1 aliphatic heterocycles. The van der Waals surface area contributed by atoms with Crippen LogP contribution in [0.4, 0.5) is 5.69 Å². The molecule has 0 fully saturated rings. The van der Waals surface area contributed by atoms with E-state index >= 15 is 0 Å². The average molecular weight is 307 g/mol. The van der Waals surface area contributed by atoms with Gasteiger partial charge in [0.05, 0.1) is 25.9 Å². The van der Waals surface area contributed by atoms with Crippen molar-refractivity contribution in [2.24, 2.45) is 0 Å². The van der Waals surface area contributed by atoms with Gasteiger partial charge in [-0.15, -0.1) is 0 Å². The highest BCUT2D eigenvalue weighted by atomic mass is 16.5. The molecule has 0 N–H and O–H groups in total. The van der Waals surface area contributed by atoms with E-state index in [1.54, 1.807) is 12.1 Å². The van der Waals surface area contributed by atoms with Gasteiger partial charge in [0.2, 0.25) is 5.69 Å². The average Bonchev–Trinajstić information content (AvgIpc) is 2.94. The van der Waals surface area contributed by atoms with E-state index in [9.17, 15) is 4.79 Å². The number of esters is 1. The van der Waals surface area contributed by atoms with E-state index in [1.807, 2.05) is 25.0 Å². The van der Waals surface area contributed by atoms with Crippen LogP contribution in [-0.2, 0) is 16.0 Å². The molecular weight excluding hydrogens is 293 g/mol. The zero-order valence-electron chi connectivity index (χ0n) is 12.8. The molecule has 0 aliphatic carbocycles. The summed E-state index contributed by atoms with van der Waals surface area (Å²) in [6.45, 7) is 9.79. The lowest BCUT2D eigenvalue weighted by Gasteiger charge is -2.10. The number of nitrogens with zero attached hydrogens (tertiary/aromatic N) is 1. The Balaban J connectivity index is 1.89. The first-order valence-corrected chi connectivity index (χ1v) is 7.14. The SMILES string of the molecule is [C-]#[N+]c1ccc(Oc2ccc3c(c2)COB3C)cc1C(=O)OC. The second-order valence-corrected chi connectivity index (χ2v) is 5.20. The highest BCUT2D eigenvalue weighted by molar-refractivity contribution is 6.67. The summed E-state index contributed by atoms with van der Waals surface area (Å²) in [5, 5.41) is 0. The van der Waals surface area contributed by atoms with E-state index in [2.05, 4.69) is 4.85 Å². The number of hydrogen-bond acceptors (Lipinski definition) is 4. The number of carbonyl (C=O) groups is 1. The summed E-state index contributed by atoms with van der Waals surface area (Å²) in [6, 6.07) is 10.5. The second kappa shape index (κ2) is 6.15. The van der Waals surface area contributed by atoms with E-state index in [0.717, 1.165) is 11.0 Å². The minimum Gasteiger partial charge on any atom is -0.466 e. The molecule has 1 heterocycles. The number of fused-ring (bicyclic) bond motifs is 1. The highest BCUT2D eigenvalue weighted by Crippen LogP contribution is 2.29. The fraction of sp³-hybridized carbons (Fsp3) is 0.176. The molecular formula is C17H14BNO4. The molecule has 0 radical (unpaired) electrons. The molecule has 23 heavy (non-hydrogen) atoms. The summed E-state index contributed by atoms with van der Waals surface area (Å²) in [5.41, 5.74) is 2.69. The topological polar surface area (TPSA) is 49.1 Å². The van der Waals surface area contributed by atoms with Gasteiger partial charge in [-0.25, -0.2) is 9.64 Å². The van der Waals surface area contributed by atoms with Crippen molar-refractivity contribution < 1.29 is 18.9 Å². The Morgan fingerprint density at radius 3 is 2.74 bits per heavy atom. The molecule has 1 aliphatic rings. The molecule has 0 saturated carbocycles. The first-order valence-electron chi connectivity index (χ1n) is 7.14. The number of rotatable bonds is 3. The van der Waals surface area contributed by atoms with Crippen molar-refractivity contribution in [3.05, 3.63) is 58.9 Å². The molecule has 0 spiro atoms. The molecule has 5 nitrogen and oxygen atoms in total. The predicted octanol–water partition coefficient (Wildman–Crippen LogP) is 3.17. The Morgan fingerprint density at radius 1 is 1.26 bits per heavy atom. The van der Waals surface area contributed by atoms with Crippen LogP contribution in [-0.4, -0.2) is 20.0 Å².